The molecule has 0 saturated heterocycles. The summed E-state index contributed by atoms with van der Waals surface area (Å²) in [6.45, 7) is 5.09. The second kappa shape index (κ2) is 10.8. The van der Waals surface area contributed by atoms with Crippen LogP contribution in [-0.2, 0) is 17.9 Å². The molecule has 0 atom stereocenters. The Morgan fingerprint density at radius 1 is 1.20 bits per heavy atom. The third kappa shape index (κ3) is 6.37. The van der Waals surface area contributed by atoms with Crippen molar-refractivity contribution >= 4 is 23.4 Å². The van der Waals surface area contributed by atoms with E-state index in [0.29, 0.717) is 18.2 Å². The Morgan fingerprint density at radius 2 is 1.87 bits per heavy atom. The van der Waals surface area contributed by atoms with Crippen LogP contribution in [0.15, 0.2) is 36.4 Å². The van der Waals surface area contributed by atoms with Gasteiger partial charge in [0, 0.05) is 24.7 Å². The fourth-order valence-electron chi connectivity index (χ4n) is 2.75. The van der Waals surface area contributed by atoms with E-state index in [2.05, 4.69) is 37.2 Å². The van der Waals surface area contributed by atoms with E-state index in [1.54, 1.807) is 0 Å². The van der Waals surface area contributed by atoms with Crippen LogP contribution in [0.4, 0.5) is 0 Å². The minimum Gasteiger partial charge on any atom is -0.493 e. The van der Waals surface area contributed by atoms with Crippen molar-refractivity contribution in [1.29, 1.82) is 0 Å². The molecule has 0 aliphatic heterocycles. The van der Waals surface area contributed by atoms with Gasteiger partial charge in [0.15, 0.2) is 18.1 Å². The summed E-state index contributed by atoms with van der Waals surface area (Å²) >= 11 is 6.23. The molecule has 8 heteroatoms. The molecule has 0 aromatic heterocycles. The number of hydrogen-bond donors (Lipinski definition) is 2. The van der Waals surface area contributed by atoms with Crippen molar-refractivity contribution in [2.45, 2.75) is 33.0 Å². The predicted molar refractivity (Wildman–Crippen MR) is 117 cm³/mol. The van der Waals surface area contributed by atoms with Crippen molar-refractivity contribution in [2.24, 2.45) is 5.73 Å². The van der Waals surface area contributed by atoms with Crippen LogP contribution in [0.25, 0.3) is 0 Å². The quantitative estimate of drug-likeness (QED) is 0.600. The van der Waals surface area contributed by atoms with Gasteiger partial charge in [0.05, 0.1) is 12.1 Å². The zero-order valence-electron chi connectivity index (χ0n) is 17.7. The Labute approximate surface area is 182 Å². The maximum atomic E-state index is 12.7. The van der Waals surface area contributed by atoms with Crippen molar-refractivity contribution in [3.05, 3.63) is 58.1 Å². The molecule has 2 aromatic rings. The van der Waals surface area contributed by atoms with E-state index in [1.807, 2.05) is 18.2 Å². The number of primary amides is 1. The first kappa shape index (κ1) is 23.5. The zero-order valence-corrected chi connectivity index (χ0v) is 18.5. The summed E-state index contributed by atoms with van der Waals surface area (Å²) in [6.07, 6.45) is 0. The number of halogens is 1. The van der Waals surface area contributed by atoms with Crippen molar-refractivity contribution in [1.82, 2.24) is 10.2 Å². The lowest BCUT2D eigenvalue weighted by Gasteiger charge is -2.22. The highest BCUT2D eigenvalue weighted by Gasteiger charge is 2.17. The SMILES string of the molecule is COc1cc(C(=O)NCc2ccccc2CN(C)C(C)C)cc(Cl)c1OCC(N)=O. The Hall–Kier alpha value is -2.77. The average molecular weight is 434 g/mol. The molecule has 2 aromatic carbocycles. The highest BCUT2D eigenvalue weighted by molar-refractivity contribution is 6.32. The van der Waals surface area contributed by atoms with E-state index < -0.39 is 5.91 Å². The number of methoxy groups -OCH3 is 1. The molecule has 2 rings (SSSR count). The van der Waals surface area contributed by atoms with Gasteiger partial charge >= 0.3 is 0 Å². The lowest BCUT2D eigenvalue weighted by atomic mass is 10.1. The highest BCUT2D eigenvalue weighted by atomic mass is 35.5. The van der Waals surface area contributed by atoms with E-state index >= 15 is 0 Å². The van der Waals surface area contributed by atoms with Crippen LogP contribution < -0.4 is 20.5 Å². The van der Waals surface area contributed by atoms with Crippen LogP contribution in [0.5, 0.6) is 11.5 Å². The van der Waals surface area contributed by atoms with Gasteiger partial charge in [-0.25, -0.2) is 0 Å². The van der Waals surface area contributed by atoms with Crippen molar-refractivity contribution in [3.8, 4) is 11.5 Å². The van der Waals surface area contributed by atoms with Crippen molar-refractivity contribution in [3.63, 3.8) is 0 Å². The molecule has 0 saturated carbocycles. The number of benzene rings is 2. The third-order valence-electron chi connectivity index (χ3n) is 4.71. The summed E-state index contributed by atoms with van der Waals surface area (Å²) in [6, 6.07) is 11.4. The molecular weight excluding hydrogens is 406 g/mol. The largest absolute Gasteiger partial charge is 0.493 e. The minimum absolute atomic E-state index is 0.153. The molecule has 0 aliphatic rings. The van der Waals surface area contributed by atoms with Gasteiger partial charge in [-0.1, -0.05) is 35.9 Å². The monoisotopic (exact) mass is 433 g/mol. The Balaban J connectivity index is 2.14. The molecule has 7 nitrogen and oxygen atoms in total. The molecule has 0 aliphatic carbocycles. The van der Waals surface area contributed by atoms with E-state index in [0.717, 1.165) is 17.7 Å². The summed E-state index contributed by atoms with van der Waals surface area (Å²) in [4.78, 5) is 25.9. The number of rotatable bonds is 10. The molecule has 162 valence electrons. The topological polar surface area (TPSA) is 93.9 Å². The molecular formula is C22H28ClN3O4. The second-order valence-electron chi connectivity index (χ2n) is 7.20. The summed E-state index contributed by atoms with van der Waals surface area (Å²) < 4.78 is 10.5. The van der Waals surface area contributed by atoms with E-state index in [9.17, 15) is 9.59 Å². The van der Waals surface area contributed by atoms with Crippen LogP contribution in [-0.4, -0.2) is 43.5 Å². The number of nitrogens with zero attached hydrogens (tertiary/aromatic N) is 1. The molecule has 0 unspecified atom stereocenters. The lowest BCUT2D eigenvalue weighted by Crippen LogP contribution is -2.27. The summed E-state index contributed by atoms with van der Waals surface area (Å²) in [5.74, 6) is -0.537. The summed E-state index contributed by atoms with van der Waals surface area (Å²) in [7, 11) is 3.49. The smallest absolute Gasteiger partial charge is 0.255 e. The van der Waals surface area contributed by atoms with E-state index in [1.165, 1.54) is 19.2 Å². The first-order valence-electron chi connectivity index (χ1n) is 9.56. The predicted octanol–water partition coefficient (Wildman–Crippen LogP) is 2.98. The highest BCUT2D eigenvalue weighted by Crippen LogP contribution is 2.36. The first-order valence-corrected chi connectivity index (χ1v) is 9.94. The first-order chi connectivity index (χ1) is 14.2. The summed E-state index contributed by atoms with van der Waals surface area (Å²) in [5.41, 5.74) is 7.61. The number of ether oxygens (including phenoxy) is 2. The molecule has 2 amide bonds. The van der Waals surface area contributed by atoms with Gasteiger partial charge in [0.2, 0.25) is 0 Å². The van der Waals surface area contributed by atoms with Crippen LogP contribution in [0.3, 0.4) is 0 Å². The third-order valence-corrected chi connectivity index (χ3v) is 4.99. The standard InChI is InChI=1S/C22H28ClN3O4/c1-14(2)26(3)12-16-8-6-5-7-15(16)11-25-22(28)17-9-18(23)21(19(10-17)29-4)30-13-20(24)27/h5-10,14H,11-13H2,1-4H3,(H2,24,27)(H,25,28). The molecule has 3 N–H and O–H groups in total. The number of hydrogen-bond acceptors (Lipinski definition) is 5. The van der Waals surface area contributed by atoms with Crippen LogP contribution >= 0.6 is 11.6 Å². The lowest BCUT2D eigenvalue weighted by molar-refractivity contribution is -0.119. The molecule has 0 bridgehead atoms. The van der Waals surface area contributed by atoms with Gasteiger partial charge in [-0.15, -0.1) is 0 Å². The van der Waals surface area contributed by atoms with Crippen molar-refractivity contribution < 1.29 is 19.1 Å². The number of nitrogens with one attached hydrogen (secondary N) is 1. The molecule has 0 radical (unpaired) electrons. The van der Waals surface area contributed by atoms with E-state index in [-0.39, 0.29) is 29.0 Å². The van der Waals surface area contributed by atoms with Gasteiger partial charge in [-0.2, -0.15) is 0 Å². The number of nitrogens with two attached hydrogens (primary N) is 1. The Bertz CT molecular complexity index is 902. The van der Waals surface area contributed by atoms with Crippen LogP contribution in [0, 0.1) is 0 Å². The molecule has 0 fully saturated rings. The average Bonchev–Trinajstić information content (AvgIpc) is 2.71. The van der Waals surface area contributed by atoms with Gasteiger partial charge in [-0.05, 0) is 44.2 Å². The maximum absolute atomic E-state index is 12.7. The number of amides is 2. The normalized spacial score (nSPS) is 10.9. The number of carbonyl (C=O) groups is 2. The van der Waals surface area contributed by atoms with Crippen LogP contribution in [0.1, 0.15) is 35.3 Å². The fraction of sp³-hybridized carbons (Fsp3) is 0.364. The molecule has 30 heavy (non-hydrogen) atoms. The molecule has 0 spiro atoms. The van der Waals surface area contributed by atoms with Gasteiger partial charge < -0.3 is 20.5 Å². The maximum Gasteiger partial charge on any atom is 0.255 e. The second-order valence-corrected chi connectivity index (χ2v) is 7.61. The number of carbonyl (C=O) groups excluding carboxylic acids is 2. The van der Waals surface area contributed by atoms with Crippen molar-refractivity contribution in [2.75, 3.05) is 20.8 Å². The fourth-order valence-corrected chi connectivity index (χ4v) is 3.01. The Morgan fingerprint density at radius 3 is 2.47 bits per heavy atom. The Kier molecular flexibility index (Phi) is 8.50. The van der Waals surface area contributed by atoms with Crippen LogP contribution in [0.2, 0.25) is 5.02 Å². The van der Waals surface area contributed by atoms with Gasteiger partial charge in [0.1, 0.15) is 0 Å². The van der Waals surface area contributed by atoms with Gasteiger partial charge in [0.25, 0.3) is 11.8 Å². The van der Waals surface area contributed by atoms with E-state index in [4.69, 9.17) is 26.8 Å². The molecule has 0 heterocycles. The minimum atomic E-state index is -0.642. The van der Waals surface area contributed by atoms with Gasteiger partial charge in [-0.3, -0.25) is 14.5 Å². The zero-order chi connectivity index (χ0) is 22.3. The summed E-state index contributed by atoms with van der Waals surface area (Å²) in [5, 5.41) is 3.07.